The second-order valence-electron chi connectivity index (χ2n) is 7.44. The van der Waals surface area contributed by atoms with E-state index >= 15 is 0 Å². The first-order valence-electron chi connectivity index (χ1n) is 9.46. The van der Waals surface area contributed by atoms with Gasteiger partial charge in [0.25, 0.3) is 11.8 Å². The number of benzene rings is 1. The van der Waals surface area contributed by atoms with Crippen LogP contribution in [0.1, 0.15) is 63.4 Å². The Morgan fingerprint density at radius 2 is 1.85 bits per heavy atom. The third kappa shape index (κ3) is 4.13. The summed E-state index contributed by atoms with van der Waals surface area (Å²) in [6.07, 6.45) is 5.66. The van der Waals surface area contributed by atoms with Gasteiger partial charge in [-0.05, 0) is 63.6 Å². The molecule has 0 atom stereocenters. The fraction of sp³-hybridized carbons (Fsp3) is 0.450. The summed E-state index contributed by atoms with van der Waals surface area (Å²) in [5, 5.41) is 10.1. The molecule has 6 nitrogen and oxygen atoms in total. The molecule has 1 heterocycles. The number of hydrogen-bond acceptors (Lipinski definition) is 5. The van der Waals surface area contributed by atoms with Crippen LogP contribution in [0, 0.1) is 13.8 Å². The second-order valence-corrected chi connectivity index (χ2v) is 8.44. The lowest BCUT2D eigenvalue weighted by molar-refractivity contribution is 0.0949. The molecule has 7 heteroatoms. The van der Waals surface area contributed by atoms with Crippen LogP contribution in [0.4, 0.5) is 10.8 Å². The van der Waals surface area contributed by atoms with Crippen molar-refractivity contribution in [3.63, 3.8) is 0 Å². The van der Waals surface area contributed by atoms with Crippen LogP contribution in [0.15, 0.2) is 18.2 Å². The number of carbonyl (C=O) groups is 2. The molecule has 2 aliphatic carbocycles. The topological polar surface area (TPSA) is 83.1 Å². The fourth-order valence-corrected chi connectivity index (χ4v) is 3.91. The number of hydrogen-bond donors (Lipinski definition) is 3. The van der Waals surface area contributed by atoms with Crippen LogP contribution < -0.4 is 16.0 Å². The van der Waals surface area contributed by atoms with Crippen LogP contribution >= 0.6 is 11.3 Å². The first-order chi connectivity index (χ1) is 13.0. The summed E-state index contributed by atoms with van der Waals surface area (Å²) >= 11 is 1.38. The van der Waals surface area contributed by atoms with Crippen molar-refractivity contribution in [2.45, 2.75) is 58.0 Å². The van der Waals surface area contributed by atoms with Gasteiger partial charge >= 0.3 is 0 Å². The van der Waals surface area contributed by atoms with Crippen LogP contribution in [0.5, 0.6) is 0 Å². The summed E-state index contributed by atoms with van der Waals surface area (Å²) in [4.78, 5) is 30.1. The largest absolute Gasteiger partial charge is 0.359 e. The molecule has 2 aromatic rings. The van der Waals surface area contributed by atoms with E-state index in [1.165, 1.54) is 17.8 Å². The van der Waals surface area contributed by atoms with Crippen LogP contribution in [0.25, 0.3) is 0 Å². The van der Waals surface area contributed by atoms with E-state index in [0.717, 1.165) is 42.1 Å². The molecule has 1 aromatic heterocycles. The Kier molecular flexibility index (Phi) is 4.86. The van der Waals surface area contributed by atoms with E-state index in [4.69, 9.17) is 0 Å². The number of rotatable bonds is 6. The van der Waals surface area contributed by atoms with Gasteiger partial charge in [-0.1, -0.05) is 17.4 Å². The van der Waals surface area contributed by atoms with Crippen molar-refractivity contribution in [3.05, 3.63) is 39.9 Å². The fourth-order valence-electron chi connectivity index (χ4n) is 2.97. The highest BCUT2D eigenvalue weighted by molar-refractivity contribution is 7.17. The average Bonchev–Trinajstić information content (AvgIpc) is 3.33. The highest BCUT2D eigenvalue weighted by Crippen LogP contribution is 2.29. The molecule has 2 aliphatic rings. The second kappa shape index (κ2) is 7.31. The molecular formula is C20H24N4O2S. The Hall–Kier alpha value is -2.41. The number of nitrogens with one attached hydrogen (secondary N) is 3. The van der Waals surface area contributed by atoms with E-state index in [0.29, 0.717) is 28.2 Å². The molecule has 2 amide bonds. The maximum Gasteiger partial charge on any atom is 0.267 e. The summed E-state index contributed by atoms with van der Waals surface area (Å²) in [5.74, 6) is -0.275. The van der Waals surface area contributed by atoms with Gasteiger partial charge in [-0.3, -0.25) is 9.59 Å². The molecular weight excluding hydrogens is 360 g/mol. The minimum absolute atomic E-state index is 0.0889. The zero-order valence-corrected chi connectivity index (χ0v) is 16.4. The van der Waals surface area contributed by atoms with E-state index < -0.39 is 0 Å². The zero-order chi connectivity index (χ0) is 19.0. The molecule has 2 fully saturated rings. The first-order valence-corrected chi connectivity index (χ1v) is 10.3. The molecule has 0 bridgehead atoms. The maximum atomic E-state index is 12.8. The van der Waals surface area contributed by atoms with Crippen LogP contribution in [-0.4, -0.2) is 28.9 Å². The quantitative estimate of drug-likeness (QED) is 0.706. The maximum absolute atomic E-state index is 12.8. The lowest BCUT2D eigenvalue weighted by Crippen LogP contribution is -2.26. The van der Waals surface area contributed by atoms with Gasteiger partial charge in [-0.15, -0.1) is 0 Å². The predicted octanol–water partition coefficient (Wildman–Crippen LogP) is 3.87. The minimum atomic E-state index is -0.186. The van der Waals surface area contributed by atoms with E-state index in [-0.39, 0.29) is 11.8 Å². The number of nitrogens with zero attached hydrogens (tertiary/aromatic N) is 1. The van der Waals surface area contributed by atoms with Gasteiger partial charge in [0.05, 0.1) is 5.69 Å². The molecule has 3 N–H and O–H groups in total. The number of carbonyl (C=O) groups excluding carboxylic acids is 2. The van der Waals surface area contributed by atoms with Crippen molar-refractivity contribution < 1.29 is 9.59 Å². The summed E-state index contributed by atoms with van der Waals surface area (Å²) in [6, 6.07) is 6.19. The molecule has 0 spiro atoms. The molecule has 0 aliphatic heterocycles. The lowest BCUT2D eigenvalue weighted by Gasteiger charge is -2.25. The minimum Gasteiger partial charge on any atom is -0.359 e. The third-order valence-corrected chi connectivity index (χ3v) is 6.18. The summed E-state index contributed by atoms with van der Waals surface area (Å²) in [6.45, 7) is 3.77. The van der Waals surface area contributed by atoms with Crippen LogP contribution in [-0.2, 0) is 0 Å². The number of anilines is 2. The molecule has 4 rings (SSSR count). The summed E-state index contributed by atoms with van der Waals surface area (Å²) in [5.41, 5.74) is 2.86. The van der Waals surface area contributed by atoms with Gasteiger partial charge in [0.15, 0.2) is 5.13 Å². The highest BCUT2D eigenvalue weighted by atomic mass is 32.1. The van der Waals surface area contributed by atoms with Gasteiger partial charge in [-0.2, -0.15) is 0 Å². The predicted molar refractivity (Wildman–Crippen MR) is 108 cm³/mol. The van der Waals surface area contributed by atoms with Crippen molar-refractivity contribution in [2.75, 3.05) is 10.6 Å². The summed E-state index contributed by atoms with van der Waals surface area (Å²) < 4.78 is 0. The van der Waals surface area contributed by atoms with Crippen molar-refractivity contribution in [1.29, 1.82) is 0 Å². The van der Waals surface area contributed by atoms with Crippen molar-refractivity contribution in [2.24, 2.45) is 0 Å². The monoisotopic (exact) mass is 384 g/mol. The molecule has 0 unspecified atom stereocenters. The number of aromatic nitrogens is 1. The highest BCUT2D eigenvalue weighted by Gasteiger charge is 2.24. The first kappa shape index (κ1) is 18.0. The normalized spacial score (nSPS) is 16.5. The smallest absolute Gasteiger partial charge is 0.267 e. The average molecular weight is 385 g/mol. The molecule has 2 saturated carbocycles. The molecule has 0 saturated heterocycles. The van der Waals surface area contributed by atoms with E-state index in [9.17, 15) is 9.59 Å². The number of thiazole rings is 1. The zero-order valence-electron chi connectivity index (χ0n) is 15.6. The Morgan fingerprint density at radius 3 is 2.52 bits per heavy atom. The Bertz CT molecular complexity index is 884. The van der Waals surface area contributed by atoms with Crippen molar-refractivity contribution >= 4 is 34.0 Å². The SMILES string of the molecule is Cc1ccc(C(=O)NC2CC2)cc1NC(=O)c1sc(NC2CCC2)nc1C. The van der Waals surface area contributed by atoms with E-state index in [2.05, 4.69) is 20.9 Å². The van der Waals surface area contributed by atoms with E-state index in [1.807, 2.05) is 19.9 Å². The Labute approximate surface area is 162 Å². The molecule has 27 heavy (non-hydrogen) atoms. The Morgan fingerprint density at radius 1 is 1.07 bits per heavy atom. The van der Waals surface area contributed by atoms with Gasteiger partial charge < -0.3 is 16.0 Å². The summed E-state index contributed by atoms with van der Waals surface area (Å²) in [7, 11) is 0. The molecule has 142 valence electrons. The lowest BCUT2D eigenvalue weighted by atomic mass is 9.93. The number of amides is 2. The van der Waals surface area contributed by atoms with Crippen molar-refractivity contribution in [3.8, 4) is 0 Å². The molecule has 1 aromatic carbocycles. The van der Waals surface area contributed by atoms with Gasteiger partial charge in [-0.25, -0.2) is 4.98 Å². The van der Waals surface area contributed by atoms with Crippen LogP contribution in [0.3, 0.4) is 0 Å². The van der Waals surface area contributed by atoms with E-state index in [1.54, 1.807) is 12.1 Å². The Balaban J connectivity index is 1.47. The van der Waals surface area contributed by atoms with Gasteiger partial charge in [0.2, 0.25) is 0 Å². The van der Waals surface area contributed by atoms with Crippen molar-refractivity contribution in [1.82, 2.24) is 10.3 Å². The van der Waals surface area contributed by atoms with Gasteiger partial charge in [0, 0.05) is 23.3 Å². The third-order valence-electron chi connectivity index (χ3n) is 5.10. The molecule has 0 radical (unpaired) electrons. The van der Waals surface area contributed by atoms with Gasteiger partial charge in [0.1, 0.15) is 4.88 Å². The number of aryl methyl sites for hydroxylation is 2. The standard InChI is InChI=1S/C20H24N4O2S/c1-11-6-7-13(18(25)22-15-8-9-15)10-16(11)24-19(26)17-12(2)21-20(27-17)23-14-4-3-5-14/h6-7,10,14-15H,3-5,8-9H2,1-2H3,(H,21,23)(H,22,25)(H,24,26). The van der Waals surface area contributed by atoms with Crippen LogP contribution in [0.2, 0.25) is 0 Å².